The lowest BCUT2D eigenvalue weighted by Crippen LogP contribution is -2.45. The van der Waals surface area contributed by atoms with Crippen molar-refractivity contribution in [2.45, 2.75) is 310 Å². The van der Waals surface area contributed by atoms with Crippen LogP contribution in [-0.4, -0.2) is 79.3 Å². The van der Waals surface area contributed by atoms with Gasteiger partial charge in [0.15, 0.2) is 6.17 Å². The summed E-state index contributed by atoms with van der Waals surface area (Å²) in [6.45, 7) is 16.3. The maximum atomic E-state index is 15.8. The molecule has 1 saturated heterocycles. The highest BCUT2D eigenvalue weighted by atomic mass is 19.1. The highest BCUT2D eigenvalue weighted by Gasteiger charge is 2.29. The summed E-state index contributed by atoms with van der Waals surface area (Å²) in [5.74, 6) is 0.679. The predicted molar refractivity (Wildman–Crippen MR) is 283 cm³/mol. The lowest BCUT2D eigenvalue weighted by atomic mass is 9.96. The molecule has 1 fully saturated rings. The number of rotatable bonds is 50. The van der Waals surface area contributed by atoms with Crippen LogP contribution in [0.25, 0.3) is 0 Å². The molecular weight excluding hydrogens is 836 g/mol. The van der Waals surface area contributed by atoms with Gasteiger partial charge in [-0.3, -0.25) is 14.4 Å². The molecule has 1 aliphatic heterocycles. The van der Waals surface area contributed by atoms with Crippen molar-refractivity contribution in [2.75, 3.05) is 39.4 Å². The van der Waals surface area contributed by atoms with Gasteiger partial charge in [-0.2, -0.15) is 0 Å². The van der Waals surface area contributed by atoms with Crippen LogP contribution in [0.1, 0.15) is 298 Å². The van der Waals surface area contributed by atoms with Crippen molar-refractivity contribution >= 4 is 17.8 Å². The van der Waals surface area contributed by atoms with Crippen molar-refractivity contribution < 1.29 is 28.2 Å². The Morgan fingerprint density at radius 3 is 1.25 bits per heavy atom. The molecule has 0 bridgehead atoms. The largest absolute Gasteiger partial charge is 0.465 e. The van der Waals surface area contributed by atoms with Gasteiger partial charge in [-0.25, -0.2) is 4.39 Å². The molecule has 1 rings (SSSR count). The number of carbonyl (C=O) groups excluding carboxylic acids is 3. The molecule has 0 saturated carbocycles. The molecule has 0 radical (unpaired) electrons. The topological polar surface area (TPSA) is 76.2 Å². The minimum absolute atomic E-state index is 0.0333. The van der Waals surface area contributed by atoms with Crippen molar-refractivity contribution in [3.63, 3.8) is 0 Å². The first-order chi connectivity index (χ1) is 32.8. The van der Waals surface area contributed by atoms with Gasteiger partial charge in [0.1, 0.15) is 0 Å². The number of carbonyl (C=O) groups is 3. The zero-order valence-corrected chi connectivity index (χ0v) is 45.4. The number of amides is 1. The van der Waals surface area contributed by atoms with E-state index in [1.54, 1.807) is 0 Å². The molecule has 3 unspecified atom stereocenters. The number of likely N-dealkylation sites (tertiary alicyclic amines) is 1. The Morgan fingerprint density at radius 2 is 0.806 bits per heavy atom. The number of halogens is 1. The lowest BCUT2D eigenvalue weighted by Gasteiger charge is -2.34. The number of esters is 2. The van der Waals surface area contributed by atoms with Crippen molar-refractivity contribution in [2.24, 2.45) is 11.8 Å². The van der Waals surface area contributed by atoms with Crippen LogP contribution in [0, 0.1) is 11.8 Å². The molecule has 1 heterocycles. The summed E-state index contributed by atoms with van der Waals surface area (Å²) < 4.78 is 27.4. The van der Waals surface area contributed by atoms with Gasteiger partial charge in [0.2, 0.25) is 0 Å². The maximum absolute atomic E-state index is 15.8. The van der Waals surface area contributed by atoms with E-state index in [2.05, 4.69) is 39.5 Å². The third-order valence-corrected chi connectivity index (χ3v) is 14.8. The van der Waals surface area contributed by atoms with E-state index < -0.39 is 6.17 Å². The summed E-state index contributed by atoms with van der Waals surface area (Å²) in [5, 5.41) is 0. The zero-order chi connectivity index (χ0) is 48.8. The number of hydrogen-bond donors (Lipinski definition) is 0. The van der Waals surface area contributed by atoms with E-state index in [1.165, 1.54) is 109 Å². The van der Waals surface area contributed by atoms with E-state index >= 15 is 4.39 Å². The van der Waals surface area contributed by atoms with Gasteiger partial charge in [0.05, 0.1) is 13.2 Å². The van der Waals surface area contributed by atoms with Gasteiger partial charge in [-0.15, -0.1) is 0 Å². The van der Waals surface area contributed by atoms with Crippen LogP contribution >= 0.6 is 0 Å². The van der Waals surface area contributed by atoms with Crippen molar-refractivity contribution in [1.82, 2.24) is 9.80 Å². The van der Waals surface area contributed by atoms with Gasteiger partial charge >= 0.3 is 11.9 Å². The number of ether oxygens (including phenoxy) is 2. The minimum atomic E-state index is -1.41. The molecule has 396 valence electrons. The van der Waals surface area contributed by atoms with Crippen molar-refractivity contribution in [1.29, 1.82) is 0 Å². The molecule has 0 aromatic heterocycles. The smallest absolute Gasteiger partial charge is 0.305 e. The highest BCUT2D eigenvalue weighted by Crippen LogP contribution is 2.24. The van der Waals surface area contributed by atoms with E-state index in [-0.39, 0.29) is 23.9 Å². The Hall–Kier alpha value is -1.70. The second-order valence-corrected chi connectivity index (χ2v) is 21.2. The molecule has 0 N–H and O–H groups in total. The summed E-state index contributed by atoms with van der Waals surface area (Å²) in [4.78, 5) is 43.8. The molecule has 67 heavy (non-hydrogen) atoms. The zero-order valence-electron chi connectivity index (χ0n) is 45.4. The molecule has 0 aromatic rings. The van der Waals surface area contributed by atoms with Crippen LogP contribution < -0.4 is 0 Å². The second-order valence-electron chi connectivity index (χ2n) is 21.2. The third kappa shape index (κ3) is 36.8. The predicted octanol–water partition coefficient (Wildman–Crippen LogP) is 17.2. The fraction of sp³-hybridized carbons (Fsp3) is 0.949. The molecule has 8 heteroatoms. The fourth-order valence-corrected chi connectivity index (χ4v) is 10.2. The van der Waals surface area contributed by atoms with Gasteiger partial charge in [-0.1, -0.05) is 208 Å². The van der Waals surface area contributed by atoms with Crippen molar-refractivity contribution in [3.8, 4) is 0 Å². The average molecular weight is 950 g/mol. The second kappa shape index (κ2) is 46.7. The van der Waals surface area contributed by atoms with Gasteiger partial charge < -0.3 is 19.3 Å². The van der Waals surface area contributed by atoms with Gasteiger partial charge in [0.25, 0.3) is 5.91 Å². The minimum Gasteiger partial charge on any atom is -0.465 e. The molecule has 1 aliphatic rings. The summed E-state index contributed by atoms with van der Waals surface area (Å²) >= 11 is 0. The quantitative estimate of drug-likeness (QED) is 0.0447. The number of hydrogen-bond acceptors (Lipinski definition) is 6. The number of unbranched alkanes of at least 4 members (excludes halogenated alkanes) is 22. The summed E-state index contributed by atoms with van der Waals surface area (Å²) in [6.07, 6.45) is 42.7. The first kappa shape index (κ1) is 63.3. The Balaban J connectivity index is 2.68. The first-order valence-corrected chi connectivity index (χ1v) is 29.8. The van der Waals surface area contributed by atoms with Crippen molar-refractivity contribution in [3.05, 3.63) is 0 Å². The van der Waals surface area contributed by atoms with Crippen LogP contribution in [0.4, 0.5) is 4.39 Å². The van der Waals surface area contributed by atoms with Crippen LogP contribution in [-0.2, 0) is 23.9 Å². The van der Waals surface area contributed by atoms with E-state index in [9.17, 15) is 14.4 Å². The third-order valence-electron chi connectivity index (χ3n) is 14.8. The number of nitrogens with zero attached hydrogens (tertiary/aromatic N) is 2. The molecule has 0 aromatic carbocycles. The van der Waals surface area contributed by atoms with E-state index in [1.807, 2.05) is 4.90 Å². The highest BCUT2D eigenvalue weighted by molar-refractivity contribution is 5.81. The maximum Gasteiger partial charge on any atom is 0.305 e. The average Bonchev–Trinajstić information content (AvgIpc) is 3.86. The summed E-state index contributed by atoms with van der Waals surface area (Å²) in [7, 11) is 0. The van der Waals surface area contributed by atoms with E-state index in [0.29, 0.717) is 50.9 Å². The standard InChI is InChI=1S/C59H113FN2O5/c1-6-11-16-23-32-44-56(60)59(65)62(50-37-49-61-47-35-36-48-61)55(42-30-24-19-21-26-33-45-57(63)66-51-53(38-14-9-4)40-28-17-12-7-2)43-31-25-20-22-27-34-46-58(64)67-52-54(39-15-10-5)41-29-18-13-8-3/h53-56H,6-52H2,1-5H3. The molecule has 1 amide bonds. The molecule has 3 atom stereocenters. The molecule has 7 nitrogen and oxygen atoms in total. The number of alkyl halides is 1. The van der Waals surface area contributed by atoms with E-state index in [0.717, 1.165) is 154 Å². The van der Waals surface area contributed by atoms with Gasteiger partial charge in [0, 0.05) is 25.4 Å². The summed E-state index contributed by atoms with van der Waals surface area (Å²) in [5.41, 5.74) is 0. The Bertz CT molecular complexity index is 1060. The monoisotopic (exact) mass is 949 g/mol. The fourth-order valence-electron chi connectivity index (χ4n) is 10.2. The van der Waals surface area contributed by atoms with Crippen LogP contribution in [0.2, 0.25) is 0 Å². The molecular formula is C59H113FN2O5. The Morgan fingerprint density at radius 1 is 0.448 bits per heavy atom. The summed E-state index contributed by atoms with van der Waals surface area (Å²) in [6, 6.07) is 0.0783. The first-order valence-electron chi connectivity index (χ1n) is 29.8. The Kier molecular flexibility index (Phi) is 44.1. The molecule has 0 aliphatic carbocycles. The lowest BCUT2D eigenvalue weighted by molar-refractivity contribution is -0.146. The SMILES string of the molecule is CCCCCCCC(F)C(=O)N(CCCN1CCCC1)C(CCCCCCCCC(=O)OCC(CCCC)CCCCCC)CCCCCCCCC(=O)OCC(CCCC)CCCCCC. The van der Waals surface area contributed by atoms with Crippen LogP contribution in [0.15, 0.2) is 0 Å². The normalized spacial score (nSPS) is 14.8. The van der Waals surface area contributed by atoms with Crippen LogP contribution in [0.3, 0.4) is 0 Å². The molecule has 0 spiro atoms. The van der Waals surface area contributed by atoms with Gasteiger partial charge in [-0.05, 0) is 109 Å². The Labute approximate surface area is 415 Å². The van der Waals surface area contributed by atoms with E-state index in [4.69, 9.17) is 9.47 Å². The van der Waals surface area contributed by atoms with Crippen LogP contribution in [0.5, 0.6) is 0 Å².